The lowest BCUT2D eigenvalue weighted by Crippen LogP contribution is -2.61. The molecule has 3 atom stereocenters. The van der Waals surface area contributed by atoms with Gasteiger partial charge in [0.05, 0.1) is 30.1 Å². The summed E-state index contributed by atoms with van der Waals surface area (Å²) >= 11 is 0. The molecule has 0 bridgehead atoms. The van der Waals surface area contributed by atoms with E-state index in [-0.39, 0.29) is 42.2 Å². The van der Waals surface area contributed by atoms with Crippen molar-refractivity contribution < 1.29 is 14.3 Å². The quantitative estimate of drug-likeness (QED) is 0.160. The SMILES string of the molecule is COc1ccc(C(=O)N2C[C@H](C)N(C3CCN(c4nc(C(CN)(OC5CC5)c5ccccc5)c5cc(-c6cn(C)c(=O)c7[nH]ccc67)ccc5n4)CC3)C[C@H]2C)cc1-n1ccc(=O)[nH]c1=O. The van der Waals surface area contributed by atoms with Gasteiger partial charge in [0.15, 0.2) is 0 Å². The molecule has 0 radical (unpaired) electrons. The first-order chi connectivity index (χ1) is 32.0. The van der Waals surface area contributed by atoms with Crippen LogP contribution in [0, 0.1) is 0 Å². The third-order valence-corrected chi connectivity index (χ3v) is 13.7. The van der Waals surface area contributed by atoms with E-state index < -0.39 is 16.9 Å². The maximum absolute atomic E-state index is 14.2. The number of nitrogens with zero attached hydrogens (tertiary/aromatic N) is 7. The minimum absolute atomic E-state index is 0.0614. The second-order valence-electron chi connectivity index (χ2n) is 18.0. The van der Waals surface area contributed by atoms with Gasteiger partial charge in [-0.3, -0.25) is 28.8 Å². The van der Waals surface area contributed by atoms with Crippen molar-refractivity contribution in [1.82, 2.24) is 38.9 Å². The lowest BCUT2D eigenvalue weighted by Gasteiger charge is -2.49. The number of aromatic nitrogens is 6. The zero-order chi connectivity index (χ0) is 45.9. The first-order valence-electron chi connectivity index (χ1n) is 22.7. The van der Waals surface area contributed by atoms with Gasteiger partial charge in [-0.05, 0) is 87.1 Å². The highest BCUT2D eigenvalue weighted by Crippen LogP contribution is 2.43. The summed E-state index contributed by atoms with van der Waals surface area (Å²) < 4.78 is 15.4. The average Bonchev–Trinajstić information content (AvgIpc) is 4.02. The number of aryl methyl sites for hydroxylation is 1. The Morgan fingerprint density at radius 3 is 2.41 bits per heavy atom. The maximum Gasteiger partial charge on any atom is 0.333 e. The number of hydrogen-bond donors (Lipinski definition) is 3. The molecule has 3 aromatic carbocycles. The number of ether oxygens (including phenoxy) is 2. The van der Waals surface area contributed by atoms with Crippen molar-refractivity contribution in [3.63, 3.8) is 0 Å². The fourth-order valence-electron chi connectivity index (χ4n) is 10.1. The summed E-state index contributed by atoms with van der Waals surface area (Å²) in [7, 11) is 3.26. The lowest BCUT2D eigenvalue weighted by molar-refractivity contribution is -0.0258. The summed E-state index contributed by atoms with van der Waals surface area (Å²) in [5.41, 5.74) is 10.2. The van der Waals surface area contributed by atoms with Crippen LogP contribution in [0.2, 0.25) is 0 Å². The van der Waals surface area contributed by atoms with Gasteiger partial charge in [-0.2, -0.15) is 0 Å². The Balaban J connectivity index is 0.926. The molecule has 16 nitrogen and oxygen atoms in total. The van der Waals surface area contributed by atoms with Crippen LogP contribution in [0.3, 0.4) is 0 Å². The maximum atomic E-state index is 14.2. The number of hydrogen-bond acceptors (Lipinski definition) is 11. The fraction of sp³-hybridized carbons (Fsp3) is 0.360. The first kappa shape index (κ1) is 43.0. The van der Waals surface area contributed by atoms with E-state index in [1.807, 2.05) is 41.4 Å². The Hall–Kier alpha value is -6.88. The third-order valence-electron chi connectivity index (χ3n) is 13.7. The largest absolute Gasteiger partial charge is 0.495 e. The Morgan fingerprint density at radius 1 is 0.894 bits per heavy atom. The minimum atomic E-state index is -1.04. The van der Waals surface area contributed by atoms with Gasteiger partial charge < -0.3 is 34.6 Å². The summed E-state index contributed by atoms with van der Waals surface area (Å²) in [6.45, 7) is 7.15. The van der Waals surface area contributed by atoms with Crippen molar-refractivity contribution in [3.05, 3.63) is 145 Å². The number of carbonyl (C=O) groups excluding carboxylic acids is 1. The molecule has 3 aliphatic rings. The van der Waals surface area contributed by atoms with E-state index in [0.29, 0.717) is 41.6 Å². The van der Waals surface area contributed by atoms with E-state index in [0.717, 1.165) is 77.4 Å². The number of rotatable bonds is 11. The number of piperidine rings is 1. The monoisotopic (exact) mass is 890 g/mol. The van der Waals surface area contributed by atoms with Crippen LogP contribution in [0.25, 0.3) is 38.6 Å². The number of pyridine rings is 1. The first-order valence-corrected chi connectivity index (χ1v) is 22.7. The van der Waals surface area contributed by atoms with Gasteiger partial charge in [0.1, 0.15) is 16.9 Å². The molecule has 6 heterocycles. The van der Waals surface area contributed by atoms with Crippen molar-refractivity contribution in [2.24, 2.45) is 12.8 Å². The number of nitrogens with one attached hydrogen (secondary N) is 2. The lowest BCUT2D eigenvalue weighted by atomic mass is 9.86. The fourth-order valence-corrected chi connectivity index (χ4v) is 10.1. The van der Waals surface area contributed by atoms with E-state index in [1.165, 1.54) is 23.9 Å². The minimum Gasteiger partial charge on any atom is -0.495 e. The molecular formula is C50H54N10O6. The van der Waals surface area contributed by atoms with Crippen LogP contribution < -0.4 is 32.2 Å². The van der Waals surface area contributed by atoms with Crippen molar-refractivity contribution in [3.8, 4) is 22.6 Å². The second-order valence-corrected chi connectivity index (χ2v) is 18.0. The van der Waals surface area contributed by atoms with Gasteiger partial charge in [0.2, 0.25) is 5.95 Å². The summed E-state index contributed by atoms with van der Waals surface area (Å²) in [6.07, 6.45) is 8.79. The van der Waals surface area contributed by atoms with E-state index in [4.69, 9.17) is 25.2 Å². The second kappa shape index (κ2) is 17.2. The Kier molecular flexibility index (Phi) is 11.2. The van der Waals surface area contributed by atoms with Crippen molar-refractivity contribution in [1.29, 1.82) is 0 Å². The number of aromatic amines is 2. The van der Waals surface area contributed by atoms with E-state index >= 15 is 0 Å². The van der Waals surface area contributed by atoms with Gasteiger partial charge in [-0.15, -0.1) is 0 Å². The Labute approximate surface area is 380 Å². The predicted molar refractivity (Wildman–Crippen MR) is 254 cm³/mol. The zero-order valence-corrected chi connectivity index (χ0v) is 37.6. The standard InChI is InChI=1S/C50H54N10O6/c1-30-27-60(46(62)33-11-15-42(65-4)41(25-33)58-23-19-43(61)54-49(58)64)31(2)26-59(30)35-17-21-57(22-18-35)48-53-40-14-10-32(39-28-56(3)47(63)44-37(39)16-20-52-44)24-38(40)45(55-48)50(29-51,66-36-12-13-36)34-8-6-5-7-9-34/h5-11,14-16,19-20,23-25,28,30-31,35-36,52H,12-13,17-18,21-22,26-27,29,51H2,1-4H3,(H,54,61,64)/t30-,31+,50?/m0/s1. The topological polar surface area (TPSA) is 190 Å². The summed E-state index contributed by atoms with van der Waals surface area (Å²) in [5, 5.41) is 1.68. The molecule has 2 aliphatic heterocycles. The van der Waals surface area contributed by atoms with E-state index in [1.54, 1.807) is 36.0 Å². The molecule has 1 amide bonds. The zero-order valence-electron chi connectivity index (χ0n) is 37.6. The Morgan fingerprint density at radius 2 is 1.68 bits per heavy atom. The number of benzene rings is 3. The van der Waals surface area contributed by atoms with Crippen LogP contribution >= 0.6 is 0 Å². The molecule has 0 spiro atoms. The number of nitrogens with two attached hydrogens (primary N) is 1. The van der Waals surface area contributed by atoms with Crippen LogP contribution in [-0.4, -0.2) is 109 Å². The molecule has 1 unspecified atom stereocenters. The molecule has 16 heteroatoms. The van der Waals surface area contributed by atoms with Crippen LogP contribution in [0.1, 0.15) is 61.1 Å². The van der Waals surface area contributed by atoms with Crippen molar-refractivity contribution in [2.75, 3.05) is 44.7 Å². The number of fused-ring (bicyclic) bond motifs is 2. The molecule has 10 rings (SSSR count). The van der Waals surface area contributed by atoms with Crippen LogP contribution in [0.15, 0.2) is 112 Å². The molecule has 340 valence electrons. The molecule has 7 aromatic rings. The van der Waals surface area contributed by atoms with Gasteiger partial charge in [0, 0.05) is 104 Å². The average molecular weight is 891 g/mol. The van der Waals surface area contributed by atoms with Crippen LogP contribution in [0.4, 0.5) is 5.95 Å². The van der Waals surface area contributed by atoms with Crippen LogP contribution in [-0.2, 0) is 17.4 Å². The molecule has 4 N–H and O–H groups in total. The van der Waals surface area contributed by atoms with E-state index in [9.17, 15) is 19.2 Å². The highest BCUT2D eigenvalue weighted by molar-refractivity contribution is 5.98. The van der Waals surface area contributed by atoms with Crippen LogP contribution in [0.5, 0.6) is 5.75 Å². The molecule has 4 aromatic heterocycles. The number of methoxy groups -OCH3 is 1. The van der Waals surface area contributed by atoms with Gasteiger partial charge in [-0.1, -0.05) is 36.4 Å². The highest BCUT2D eigenvalue weighted by Gasteiger charge is 2.44. The molecule has 1 aliphatic carbocycles. The van der Waals surface area contributed by atoms with Crippen molar-refractivity contribution >= 4 is 33.7 Å². The van der Waals surface area contributed by atoms with E-state index in [2.05, 4.69) is 57.9 Å². The number of piperazine rings is 1. The predicted octanol–water partition coefficient (Wildman–Crippen LogP) is 4.91. The molecular weight excluding hydrogens is 837 g/mol. The molecule has 66 heavy (non-hydrogen) atoms. The normalized spacial score (nSPS) is 19.3. The van der Waals surface area contributed by atoms with Gasteiger partial charge in [0.25, 0.3) is 17.0 Å². The number of carbonyl (C=O) groups is 1. The summed E-state index contributed by atoms with van der Waals surface area (Å²) in [6, 6.07) is 24.9. The van der Waals surface area contributed by atoms with Crippen molar-refractivity contribution in [2.45, 2.75) is 69.4 Å². The third kappa shape index (κ3) is 7.67. The summed E-state index contributed by atoms with van der Waals surface area (Å²) in [4.78, 5) is 74.5. The molecule has 3 fully saturated rings. The number of anilines is 1. The Bertz CT molecular complexity index is 3150. The summed E-state index contributed by atoms with van der Waals surface area (Å²) in [5.74, 6) is 0.894. The number of amides is 1. The van der Waals surface area contributed by atoms with Gasteiger partial charge in [-0.25, -0.2) is 14.8 Å². The number of H-pyrrole nitrogens is 2. The van der Waals surface area contributed by atoms with Gasteiger partial charge >= 0.3 is 5.69 Å². The smallest absolute Gasteiger partial charge is 0.333 e. The molecule has 2 saturated heterocycles. The highest BCUT2D eigenvalue weighted by atomic mass is 16.5. The molecule has 1 saturated carbocycles.